The Balaban J connectivity index is 2.07. The molecule has 0 aliphatic carbocycles. The molecule has 1 aromatic carbocycles. The second-order valence-electron chi connectivity index (χ2n) is 3.29. The first-order valence-corrected chi connectivity index (χ1v) is 5.59. The topological polar surface area (TPSA) is 55.1 Å². The number of carbonyl (C=O) groups excluding carboxylic acids is 1. The van der Waals surface area contributed by atoms with Crippen LogP contribution in [0.15, 0.2) is 39.5 Å². The molecule has 2 aromatic rings. The van der Waals surface area contributed by atoms with E-state index in [1.807, 2.05) is 0 Å². The zero-order chi connectivity index (χ0) is 12.3. The summed E-state index contributed by atoms with van der Waals surface area (Å²) in [4.78, 5) is 11.7. The summed E-state index contributed by atoms with van der Waals surface area (Å²) >= 11 is 3.18. The van der Waals surface area contributed by atoms with Crippen molar-refractivity contribution in [2.45, 2.75) is 6.54 Å². The van der Waals surface area contributed by atoms with Crippen LogP contribution in [0.25, 0.3) is 0 Å². The third-order valence-corrected chi connectivity index (χ3v) is 2.58. The van der Waals surface area contributed by atoms with E-state index in [0.29, 0.717) is 10.2 Å². The van der Waals surface area contributed by atoms with Crippen molar-refractivity contribution in [3.8, 4) is 0 Å². The molecule has 0 fully saturated rings. The minimum Gasteiger partial charge on any atom is -0.360 e. The number of rotatable bonds is 3. The van der Waals surface area contributed by atoms with E-state index in [0.717, 1.165) is 0 Å². The van der Waals surface area contributed by atoms with Crippen molar-refractivity contribution in [2.75, 3.05) is 0 Å². The number of hydrogen-bond acceptors (Lipinski definition) is 3. The highest BCUT2D eigenvalue weighted by Gasteiger charge is 2.12. The number of nitrogens with one attached hydrogen (secondary N) is 1. The quantitative estimate of drug-likeness (QED) is 0.947. The molecule has 4 nitrogen and oxygen atoms in total. The first-order chi connectivity index (χ1) is 8.16. The Morgan fingerprint density at radius 3 is 3.00 bits per heavy atom. The average molecular weight is 299 g/mol. The summed E-state index contributed by atoms with van der Waals surface area (Å²) in [5.74, 6) is -0.558. The standard InChI is InChI=1S/C11H8BrFN2O2/c12-7-1-2-10(13)9(5-7)11(16)14-6-8-3-4-15-17-8/h1-5H,6H2,(H,14,16). The van der Waals surface area contributed by atoms with Gasteiger partial charge in [0, 0.05) is 10.5 Å². The molecule has 1 aromatic heterocycles. The van der Waals surface area contributed by atoms with Gasteiger partial charge in [-0.25, -0.2) is 4.39 Å². The van der Waals surface area contributed by atoms with Crippen LogP contribution in [0.3, 0.4) is 0 Å². The van der Waals surface area contributed by atoms with Gasteiger partial charge in [0.05, 0.1) is 18.3 Å². The van der Waals surface area contributed by atoms with Crippen LogP contribution in [0.1, 0.15) is 16.1 Å². The van der Waals surface area contributed by atoms with Crippen molar-refractivity contribution in [3.63, 3.8) is 0 Å². The normalized spacial score (nSPS) is 10.2. The molecular formula is C11H8BrFN2O2. The Bertz CT molecular complexity index is 528. The Kier molecular flexibility index (Phi) is 3.53. The molecule has 17 heavy (non-hydrogen) atoms. The first-order valence-electron chi connectivity index (χ1n) is 4.79. The summed E-state index contributed by atoms with van der Waals surface area (Å²) in [6, 6.07) is 5.80. The largest absolute Gasteiger partial charge is 0.360 e. The molecule has 1 amide bonds. The fourth-order valence-corrected chi connectivity index (χ4v) is 1.63. The van der Waals surface area contributed by atoms with Gasteiger partial charge in [-0.05, 0) is 18.2 Å². The lowest BCUT2D eigenvalue weighted by molar-refractivity contribution is 0.0943. The molecule has 2 rings (SSSR count). The second-order valence-corrected chi connectivity index (χ2v) is 4.20. The Labute approximate surface area is 105 Å². The van der Waals surface area contributed by atoms with Crippen LogP contribution in [0.5, 0.6) is 0 Å². The van der Waals surface area contributed by atoms with Gasteiger partial charge in [0.1, 0.15) is 5.82 Å². The van der Waals surface area contributed by atoms with Crippen LogP contribution in [0.4, 0.5) is 4.39 Å². The van der Waals surface area contributed by atoms with E-state index >= 15 is 0 Å². The van der Waals surface area contributed by atoms with Crippen LogP contribution in [-0.4, -0.2) is 11.1 Å². The summed E-state index contributed by atoms with van der Waals surface area (Å²) in [5.41, 5.74) is -0.0149. The summed E-state index contributed by atoms with van der Waals surface area (Å²) in [7, 11) is 0. The number of nitrogens with zero attached hydrogens (tertiary/aromatic N) is 1. The first kappa shape index (κ1) is 11.8. The van der Waals surface area contributed by atoms with Crippen LogP contribution in [-0.2, 0) is 6.54 Å². The molecule has 1 heterocycles. The lowest BCUT2D eigenvalue weighted by Crippen LogP contribution is -2.23. The van der Waals surface area contributed by atoms with Gasteiger partial charge < -0.3 is 9.84 Å². The van der Waals surface area contributed by atoms with Gasteiger partial charge >= 0.3 is 0 Å². The number of halogens is 2. The van der Waals surface area contributed by atoms with E-state index in [-0.39, 0.29) is 12.1 Å². The van der Waals surface area contributed by atoms with Crippen molar-refractivity contribution in [1.29, 1.82) is 0 Å². The van der Waals surface area contributed by atoms with Gasteiger partial charge in [-0.1, -0.05) is 21.1 Å². The predicted molar refractivity (Wildman–Crippen MR) is 61.8 cm³/mol. The lowest BCUT2D eigenvalue weighted by Gasteiger charge is -2.04. The zero-order valence-electron chi connectivity index (χ0n) is 8.61. The molecule has 88 valence electrons. The number of carbonyl (C=O) groups is 1. The van der Waals surface area contributed by atoms with E-state index in [2.05, 4.69) is 26.4 Å². The van der Waals surface area contributed by atoms with Crippen LogP contribution >= 0.6 is 15.9 Å². The van der Waals surface area contributed by atoms with Gasteiger partial charge in [0.2, 0.25) is 0 Å². The Hall–Kier alpha value is -1.69. The molecule has 1 N–H and O–H groups in total. The molecule has 0 aliphatic heterocycles. The van der Waals surface area contributed by atoms with Gasteiger partial charge in [-0.3, -0.25) is 4.79 Å². The molecular weight excluding hydrogens is 291 g/mol. The molecule has 0 aliphatic rings. The van der Waals surface area contributed by atoms with E-state index in [1.54, 1.807) is 6.07 Å². The SMILES string of the molecule is O=C(NCc1ccno1)c1cc(Br)ccc1F. The van der Waals surface area contributed by atoms with Gasteiger partial charge in [0.25, 0.3) is 5.91 Å². The summed E-state index contributed by atoms with van der Waals surface area (Å²) in [6.45, 7) is 0.171. The molecule has 0 atom stereocenters. The number of amides is 1. The van der Waals surface area contributed by atoms with E-state index < -0.39 is 11.7 Å². The summed E-state index contributed by atoms with van der Waals surface area (Å²) in [6.07, 6.45) is 1.47. The Morgan fingerprint density at radius 2 is 2.29 bits per heavy atom. The summed E-state index contributed by atoms with van der Waals surface area (Å²) < 4.78 is 18.8. The lowest BCUT2D eigenvalue weighted by atomic mass is 10.2. The van der Waals surface area contributed by atoms with Gasteiger partial charge in [-0.15, -0.1) is 0 Å². The maximum atomic E-state index is 13.4. The monoisotopic (exact) mass is 298 g/mol. The van der Waals surface area contributed by atoms with Crippen molar-refractivity contribution in [1.82, 2.24) is 10.5 Å². The molecule has 0 spiro atoms. The highest BCUT2D eigenvalue weighted by atomic mass is 79.9. The minimum absolute atomic E-state index is 0.0149. The van der Waals surface area contributed by atoms with E-state index in [4.69, 9.17) is 4.52 Å². The maximum Gasteiger partial charge on any atom is 0.254 e. The zero-order valence-corrected chi connectivity index (χ0v) is 10.2. The fraction of sp³-hybridized carbons (Fsp3) is 0.0909. The third kappa shape index (κ3) is 2.91. The number of hydrogen-bond donors (Lipinski definition) is 1. The number of benzene rings is 1. The molecule has 0 saturated heterocycles. The van der Waals surface area contributed by atoms with Crippen molar-refractivity contribution in [2.24, 2.45) is 0 Å². The third-order valence-electron chi connectivity index (χ3n) is 2.09. The smallest absolute Gasteiger partial charge is 0.254 e. The van der Waals surface area contributed by atoms with Gasteiger partial charge in [-0.2, -0.15) is 0 Å². The predicted octanol–water partition coefficient (Wildman–Crippen LogP) is 2.51. The van der Waals surface area contributed by atoms with E-state index in [9.17, 15) is 9.18 Å². The molecule has 0 radical (unpaired) electrons. The highest BCUT2D eigenvalue weighted by Crippen LogP contribution is 2.15. The summed E-state index contributed by atoms with van der Waals surface area (Å²) in [5, 5.41) is 6.03. The minimum atomic E-state index is -0.566. The average Bonchev–Trinajstić information content (AvgIpc) is 2.82. The van der Waals surface area contributed by atoms with Crippen LogP contribution in [0, 0.1) is 5.82 Å². The molecule has 0 unspecified atom stereocenters. The van der Waals surface area contributed by atoms with Crippen molar-refractivity contribution in [3.05, 3.63) is 52.1 Å². The maximum absolute atomic E-state index is 13.4. The van der Waals surface area contributed by atoms with E-state index in [1.165, 1.54) is 24.4 Å². The molecule has 0 bridgehead atoms. The Morgan fingerprint density at radius 1 is 1.47 bits per heavy atom. The molecule has 6 heteroatoms. The van der Waals surface area contributed by atoms with Crippen molar-refractivity contribution < 1.29 is 13.7 Å². The van der Waals surface area contributed by atoms with Gasteiger partial charge in [0.15, 0.2) is 5.76 Å². The highest BCUT2D eigenvalue weighted by molar-refractivity contribution is 9.10. The fourth-order valence-electron chi connectivity index (χ4n) is 1.27. The second kappa shape index (κ2) is 5.09. The van der Waals surface area contributed by atoms with Crippen molar-refractivity contribution >= 4 is 21.8 Å². The van der Waals surface area contributed by atoms with Crippen LogP contribution in [0.2, 0.25) is 0 Å². The van der Waals surface area contributed by atoms with Crippen LogP contribution < -0.4 is 5.32 Å². The molecule has 0 saturated carbocycles. The number of aromatic nitrogens is 1.